The molecule has 0 aliphatic carbocycles. The van der Waals surface area contributed by atoms with Crippen LogP contribution in [0.1, 0.15) is 27.8 Å². The fraction of sp³-hybridized carbons (Fsp3) is 0.167. The van der Waals surface area contributed by atoms with Crippen LogP contribution in [0.5, 0.6) is 5.75 Å². The van der Waals surface area contributed by atoms with Gasteiger partial charge in [-0.05, 0) is 97.8 Å². The highest BCUT2D eigenvalue weighted by Gasteiger charge is 2.09. The van der Waals surface area contributed by atoms with Crippen molar-refractivity contribution in [3.8, 4) is 5.75 Å². The topological polar surface area (TPSA) is 50.7 Å². The van der Waals surface area contributed by atoms with Crippen molar-refractivity contribution in [1.82, 2.24) is 5.43 Å². The lowest BCUT2D eigenvalue weighted by atomic mass is 10.0. The van der Waals surface area contributed by atoms with E-state index in [1.165, 1.54) is 11.1 Å². The number of nitrogens with one attached hydrogen (secondary N) is 1. The smallest absolute Gasteiger partial charge is 0.244 e. The Balaban J connectivity index is 1.58. The fourth-order valence-electron chi connectivity index (χ4n) is 2.85. The molecule has 0 radical (unpaired) electrons. The summed E-state index contributed by atoms with van der Waals surface area (Å²) in [4.78, 5) is 12.2. The molecule has 0 fully saturated rings. The predicted molar refractivity (Wildman–Crippen MR) is 133 cm³/mol. The van der Waals surface area contributed by atoms with Gasteiger partial charge in [0.1, 0.15) is 12.4 Å². The Kier molecular flexibility index (Phi) is 8.29. The summed E-state index contributed by atoms with van der Waals surface area (Å²) in [5, 5.41) is 4.76. The van der Waals surface area contributed by atoms with Gasteiger partial charge < -0.3 is 4.74 Å². The van der Waals surface area contributed by atoms with Crippen LogP contribution in [0.3, 0.4) is 0 Å². The Morgan fingerprint density at radius 3 is 2.29 bits per heavy atom. The van der Waals surface area contributed by atoms with Gasteiger partial charge in [-0.3, -0.25) is 4.79 Å². The molecule has 160 valence electrons. The molecule has 0 atom stereocenters. The summed E-state index contributed by atoms with van der Waals surface area (Å²) >= 11 is 13.0. The van der Waals surface area contributed by atoms with E-state index in [0.717, 1.165) is 25.6 Å². The van der Waals surface area contributed by atoms with Gasteiger partial charge in [-0.1, -0.05) is 41.9 Å². The zero-order valence-corrected chi connectivity index (χ0v) is 21.0. The monoisotopic (exact) mass is 562 g/mol. The molecule has 31 heavy (non-hydrogen) atoms. The van der Waals surface area contributed by atoms with Crippen molar-refractivity contribution < 1.29 is 9.53 Å². The van der Waals surface area contributed by atoms with Crippen LogP contribution in [0.15, 0.2) is 68.6 Å². The highest BCUT2D eigenvalue weighted by Crippen LogP contribution is 2.35. The summed E-state index contributed by atoms with van der Waals surface area (Å²) in [6, 6.07) is 17.3. The molecule has 3 aromatic rings. The van der Waals surface area contributed by atoms with Crippen molar-refractivity contribution in [2.24, 2.45) is 5.10 Å². The number of rotatable bonds is 7. The number of carbonyl (C=O) groups excluding carboxylic acids is 1. The van der Waals surface area contributed by atoms with E-state index in [1.807, 2.05) is 68.4 Å². The Bertz CT molecular complexity index is 1090. The molecule has 0 aliphatic heterocycles. The van der Waals surface area contributed by atoms with E-state index in [1.54, 1.807) is 6.21 Å². The molecule has 0 saturated carbocycles. The van der Waals surface area contributed by atoms with Crippen molar-refractivity contribution in [1.29, 1.82) is 0 Å². The zero-order chi connectivity index (χ0) is 22.4. The number of hydrogen-bond acceptors (Lipinski definition) is 3. The summed E-state index contributed by atoms with van der Waals surface area (Å²) in [5.41, 5.74) is 7.74. The van der Waals surface area contributed by atoms with Crippen LogP contribution in [0.2, 0.25) is 5.02 Å². The van der Waals surface area contributed by atoms with E-state index in [2.05, 4.69) is 42.4 Å². The van der Waals surface area contributed by atoms with Crippen LogP contribution in [-0.4, -0.2) is 12.1 Å². The van der Waals surface area contributed by atoms with E-state index < -0.39 is 0 Å². The van der Waals surface area contributed by atoms with Crippen molar-refractivity contribution in [2.45, 2.75) is 26.9 Å². The van der Waals surface area contributed by atoms with E-state index in [-0.39, 0.29) is 12.3 Å². The van der Waals surface area contributed by atoms with Crippen LogP contribution in [0.4, 0.5) is 0 Å². The molecular weight excluding hydrogens is 544 g/mol. The minimum Gasteiger partial charge on any atom is -0.487 e. The van der Waals surface area contributed by atoms with Crippen molar-refractivity contribution in [3.05, 3.63) is 96.4 Å². The van der Waals surface area contributed by atoms with Gasteiger partial charge in [0.25, 0.3) is 0 Å². The molecule has 4 nitrogen and oxygen atoms in total. The first-order chi connectivity index (χ1) is 14.8. The highest BCUT2D eigenvalue weighted by atomic mass is 79.9. The number of amides is 1. The second-order valence-electron chi connectivity index (χ2n) is 7.12. The Labute approximate surface area is 203 Å². The third-order valence-corrected chi connectivity index (χ3v) is 6.09. The predicted octanol–water partition coefficient (Wildman–Crippen LogP) is 6.75. The van der Waals surface area contributed by atoms with Gasteiger partial charge in [0.2, 0.25) is 5.91 Å². The van der Waals surface area contributed by atoms with Gasteiger partial charge >= 0.3 is 0 Å². The number of hydrazone groups is 1. The first-order valence-electron chi connectivity index (χ1n) is 9.56. The van der Waals surface area contributed by atoms with Gasteiger partial charge in [-0.25, -0.2) is 5.43 Å². The molecule has 0 aliphatic rings. The minimum absolute atomic E-state index is 0.166. The summed E-state index contributed by atoms with van der Waals surface area (Å²) in [7, 11) is 0. The molecule has 7 heteroatoms. The first-order valence-corrected chi connectivity index (χ1v) is 11.5. The van der Waals surface area contributed by atoms with Crippen LogP contribution in [0.25, 0.3) is 0 Å². The largest absolute Gasteiger partial charge is 0.487 e. The third-order valence-electron chi connectivity index (χ3n) is 4.66. The molecule has 3 aromatic carbocycles. The van der Waals surface area contributed by atoms with Crippen LogP contribution >= 0.6 is 43.5 Å². The average Bonchev–Trinajstić information content (AvgIpc) is 2.71. The lowest BCUT2D eigenvalue weighted by molar-refractivity contribution is -0.120. The maximum Gasteiger partial charge on any atom is 0.244 e. The van der Waals surface area contributed by atoms with Gasteiger partial charge in [0.15, 0.2) is 0 Å². The third kappa shape index (κ3) is 6.92. The van der Waals surface area contributed by atoms with Crippen LogP contribution < -0.4 is 10.2 Å². The average molecular weight is 565 g/mol. The fourth-order valence-corrected chi connectivity index (χ4v) is 4.42. The lowest BCUT2D eigenvalue weighted by Gasteiger charge is -2.11. The van der Waals surface area contributed by atoms with Gasteiger partial charge in [0, 0.05) is 5.02 Å². The molecular formula is C24H21Br2ClN2O2. The molecule has 1 N–H and O–H groups in total. The van der Waals surface area contributed by atoms with Crippen molar-refractivity contribution >= 4 is 55.6 Å². The highest BCUT2D eigenvalue weighted by molar-refractivity contribution is 9.11. The number of ether oxygens (including phenoxy) is 1. The normalized spacial score (nSPS) is 11.0. The number of halogens is 3. The second-order valence-corrected chi connectivity index (χ2v) is 9.26. The maximum absolute atomic E-state index is 12.2. The molecule has 0 heterocycles. The quantitative estimate of drug-likeness (QED) is 0.255. The minimum atomic E-state index is -0.166. The Hall–Kier alpha value is -2.15. The molecule has 3 rings (SSSR count). The Morgan fingerprint density at radius 2 is 1.65 bits per heavy atom. The van der Waals surface area contributed by atoms with E-state index >= 15 is 0 Å². The zero-order valence-electron chi connectivity index (χ0n) is 17.1. The summed E-state index contributed by atoms with van der Waals surface area (Å²) in [6.07, 6.45) is 1.88. The molecule has 0 bridgehead atoms. The number of aryl methyl sites for hydroxylation is 2. The van der Waals surface area contributed by atoms with E-state index in [0.29, 0.717) is 17.4 Å². The van der Waals surface area contributed by atoms with Crippen LogP contribution in [0, 0.1) is 13.8 Å². The molecule has 1 amide bonds. The summed E-state index contributed by atoms with van der Waals surface area (Å²) in [5.74, 6) is 0.520. The SMILES string of the molecule is Cc1ccc(CC(=O)N/N=C\c2cc(Br)c(OCc3ccc(Cl)cc3)c(Br)c2)cc1C. The molecule has 0 aromatic heterocycles. The van der Waals surface area contributed by atoms with Crippen LogP contribution in [-0.2, 0) is 17.8 Å². The van der Waals surface area contributed by atoms with Gasteiger partial charge in [-0.2, -0.15) is 5.10 Å². The standard InChI is InChI=1S/C24H21Br2ClN2O2/c1-15-3-4-18(9-16(15)2)12-23(30)29-28-13-19-10-21(25)24(22(26)11-19)31-14-17-5-7-20(27)8-6-17/h3-11,13H,12,14H2,1-2H3,(H,29,30)/b28-13-. The number of hydrogen-bond donors (Lipinski definition) is 1. The summed E-state index contributed by atoms with van der Waals surface area (Å²) in [6.45, 7) is 4.50. The maximum atomic E-state index is 12.2. The Morgan fingerprint density at radius 1 is 1.00 bits per heavy atom. The van der Waals surface area contributed by atoms with Gasteiger partial charge in [0.05, 0.1) is 21.6 Å². The number of benzene rings is 3. The van der Waals surface area contributed by atoms with E-state index in [4.69, 9.17) is 16.3 Å². The molecule has 0 unspecified atom stereocenters. The number of nitrogens with zero attached hydrogens (tertiary/aromatic N) is 1. The second kappa shape index (κ2) is 10.9. The molecule has 0 spiro atoms. The summed E-state index contributed by atoms with van der Waals surface area (Å²) < 4.78 is 7.48. The molecule has 0 saturated heterocycles. The van der Waals surface area contributed by atoms with E-state index in [9.17, 15) is 4.79 Å². The lowest BCUT2D eigenvalue weighted by Crippen LogP contribution is -2.19. The van der Waals surface area contributed by atoms with Crippen molar-refractivity contribution in [2.75, 3.05) is 0 Å². The van der Waals surface area contributed by atoms with Crippen molar-refractivity contribution in [3.63, 3.8) is 0 Å². The number of carbonyl (C=O) groups is 1. The van der Waals surface area contributed by atoms with Gasteiger partial charge in [-0.15, -0.1) is 0 Å². The first kappa shape index (κ1) is 23.5.